The van der Waals surface area contributed by atoms with Crippen molar-refractivity contribution in [1.29, 1.82) is 0 Å². The Balaban J connectivity index is 2.52. The summed E-state index contributed by atoms with van der Waals surface area (Å²) in [4.78, 5) is 11.6. The van der Waals surface area contributed by atoms with E-state index in [1.807, 2.05) is 38.1 Å². The third-order valence-corrected chi connectivity index (χ3v) is 2.69. The molecule has 0 spiro atoms. The second kappa shape index (κ2) is 7.63. The lowest BCUT2D eigenvalue weighted by molar-refractivity contribution is 0.218. The highest BCUT2D eigenvalue weighted by molar-refractivity contribution is 5.74. The lowest BCUT2D eigenvalue weighted by Crippen LogP contribution is -2.43. The summed E-state index contributed by atoms with van der Waals surface area (Å²) >= 11 is 0. The maximum absolute atomic E-state index is 11.6. The van der Waals surface area contributed by atoms with Crippen molar-refractivity contribution in [2.24, 2.45) is 0 Å². The molecule has 0 aliphatic carbocycles. The van der Waals surface area contributed by atoms with Gasteiger partial charge in [0.15, 0.2) is 0 Å². The first-order chi connectivity index (χ1) is 9.06. The highest BCUT2D eigenvalue weighted by atomic mass is 16.5. The molecule has 1 aromatic carbocycles. The van der Waals surface area contributed by atoms with Gasteiger partial charge in [-0.3, -0.25) is 0 Å². The van der Waals surface area contributed by atoms with Crippen LogP contribution >= 0.6 is 0 Å². The van der Waals surface area contributed by atoms with Gasteiger partial charge < -0.3 is 20.5 Å². The van der Waals surface area contributed by atoms with Gasteiger partial charge in [0.05, 0.1) is 25.3 Å². The average Bonchev–Trinajstić information content (AvgIpc) is 2.39. The minimum absolute atomic E-state index is 0.0785. The fourth-order valence-corrected chi connectivity index (χ4v) is 1.61. The number of amides is 2. The van der Waals surface area contributed by atoms with Gasteiger partial charge in [-0.1, -0.05) is 12.1 Å². The Hall–Kier alpha value is -1.75. The predicted octanol–water partition coefficient (Wildman–Crippen LogP) is 1.83. The maximum atomic E-state index is 11.6. The van der Waals surface area contributed by atoms with E-state index in [4.69, 9.17) is 9.84 Å². The average molecular weight is 266 g/mol. The number of carbonyl (C=O) groups is 1. The van der Waals surface area contributed by atoms with Gasteiger partial charge in [-0.05, 0) is 38.5 Å². The zero-order valence-corrected chi connectivity index (χ0v) is 11.6. The molecule has 0 fully saturated rings. The summed E-state index contributed by atoms with van der Waals surface area (Å²) in [6.07, 6.45) is 0. The van der Waals surface area contributed by atoms with Gasteiger partial charge in [0.2, 0.25) is 0 Å². The van der Waals surface area contributed by atoms with Crippen LogP contribution in [0, 0.1) is 0 Å². The first kappa shape index (κ1) is 15.3. The Morgan fingerprint density at radius 2 is 1.89 bits per heavy atom. The molecule has 0 heterocycles. The lowest BCUT2D eigenvalue weighted by atomic mass is 10.1. The smallest absolute Gasteiger partial charge is 0.315 e. The van der Waals surface area contributed by atoms with Gasteiger partial charge in [-0.2, -0.15) is 0 Å². The summed E-state index contributed by atoms with van der Waals surface area (Å²) in [5.74, 6) is 0.816. The van der Waals surface area contributed by atoms with Crippen molar-refractivity contribution in [1.82, 2.24) is 10.6 Å². The fourth-order valence-electron chi connectivity index (χ4n) is 1.61. The van der Waals surface area contributed by atoms with Crippen LogP contribution in [0.15, 0.2) is 24.3 Å². The van der Waals surface area contributed by atoms with E-state index in [1.165, 1.54) is 0 Å². The molecule has 2 atom stereocenters. The van der Waals surface area contributed by atoms with Crippen molar-refractivity contribution in [3.8, 4) is 5.75 Å². The number of rotatable bonds is 6. The number of aliphatic hydroxyl groups is 1. The number of aliphatic hydroxyl groups excluding tert-OH is 1. The van der Waals surface area contributed by atoms with Crippen molar-refractivity contribution >= 4 is 6.03 Å². The number of hydrogen-bond acceptors (Lipinski definition) is 3. The Morgan fingerprint density at radius 3 is 2.42 bits per heavy atom. The molecule has 0 bridgehead atoms. The van der Waals surface area contributed by atoms with E-state index in [9.17, 15) is 4.79 Å². The number of hydrogen-bond donors (Lipinski definition) is 3. The van der Waals surface area contributed by atoms with Crippen LogP contribution in [-0.2, 0) is 0 Å². The van der Waals surface area contributed by atoms with Crippen LogP contribution < -0.4 is 15.4 Å². The van der Waals surface area contributed by atoms with Gasteiger partial charge in [-0.25, -0.2) is 4.79 Å². The molecule has 0 aliphatic rings. The molecule has 0 radical (unpaired) electrons. The summed E-state index contributed by atoms with van der Waals surface area (Å²) in [5, 5.41) is 14.3. The first-order valence-electron chi connectivity index (χ1n) is 6.47. The normalized spacial score (nSPS) is 13.5. The van der Waals surface area contributed by atoms with E-state index in [0.717, 1.165) is 11.3 Å². The summed E-state index contributed by atoms with van der Waals surface area (Å²) in [7, 11) is 0. The zero-order chi connectivity index (χ0) is 14.3. The minimum Gasteiger partial charge on any atom is -0.494 e. The monoisotopic (exact) mass is 266 g/mol. The molecular formula is C14H22N2O3. The van der Waals surface area contributed by atoms with Gasteiger partial charge in [0, 0.05) is 0 Å². The van der Waals surface area contributed by atoms with Crippen LogP contribution in [0.25, 0.3) is 0 Å². The van der Waals surface area contributed by atoms with Crippen LogP contribution in [0.4, 0.5) is 4.79 Å². The fraction of sp³-hybridized carbons (Fsp3) is 0.500. The molecule has 0 aromatic heterocycles. The Kier molecular flexibility index (Phi) is 6.15. The number of urea groups is 1. The van der Waals surface area contributed by atoms with Crippen LogP contribution in [0.5, 0.6) is 5.75 Å². The molecule has 1 rings (SSSR count). The number of nitrogens with one attached hydrogen (secondary N) is 2. The molecule has 2 unspecified atom stereocenters. The van der Waals surface area contributed by atoms with Crippen LogP contribution in [-0.4, -0.2) is 30.4 Å². The van der Waals surface area contributed by atoms with Gasteiger partial charge in [0.25, 0.3) is 0 Å². The third kappa shape index (κ3) is 5.18. The largest absolute Gasteiger partial charge is 0.494 e. The van der Waals surface area contributed by atoms with Crippen molar-refractivity contribution in [2.75, 3.05) is 13.2 Å². The minimum atomic E-state index is -0.289. The molecular weight excluding hydrogens is 244 g/mol. The number of ether oxygens (including phenoxy) is 1. The second-order valence-corrected chi connectivity index (χ2v) is 4.43. The summed E-state index contributed by atoms with van der Waals surface area (Å²) in [6, 6.07) is 6.95. The topological polar surface area (TPSA) is 70.6 Å². The van der Waals surface area contributed by atoms with Crippen molar-refractivity contribution < 1.29 is 14.6 Å². The molecule has 0 saturated heterocycles. The van der Waals surface area contributed by atoms with E-state index in [0.29, 0.717) is 6.61 Å². The Labute approximate surface area is 114 Å². The zero-order valence-electron chi connectivity index (χ0n) is 11.6. The molecule has 0 saturated carbocycles. The summed E-state index contributed by atoms with van der Waals surface area (Å²) < 4.78 is 5.36. The lowest BCUT2D eigenvalue weighted by Gasteiger charge is -2.17. The van der Waals surface area contributed by atoms with E-state index in [1.54, 1.807) is 6.92 Å². The summed E-state index contributed by atoms with van der Waals surface area (Å²) in [5.41, 5.74) is 0.996. The number of benzene rings is 1. The highest BCUT2D eigenvalue weighted by Crippen LogP contribution is 2.17. The third-order valence-electron chi connectivity index (χ3n) is 2.69. The van der Waals surface area contributed by atoms with E-state index >= 15 is 0 Å². The quantitative estimate of drug-likeness (QED) is 0.735. The number of carbonyl (C=O) groups excluding carboxylic acids is 1. The molecule has 106 valence electrons. The van der Waals surface area contributed by atoms with Gasteiger partial charge in [0.1, 0.15) is 5.75 Å². The highest BCUT2D eigenvalue weighted by Gasteiger charge is 2.11. The van der Waals surface area contributed by atoms with E-state index in [-0.39, 0.29) is 24.7 Å². The van der Waals surface area contributed by atoms with Crippen molar-refractivity contribution in [3.63, 3.8) is 0 Å². The molecule has 19 heavy (non-hydrogen) atoms. The first-order valence-corrected chi connectivity index (χ1v) is 6.47. The summed E-state index contributed by atoms with van der Waals surface area (Å²) in [6.45, 7) is 6.13. The van der Waals surface area contributed by atoms with Gasteiger partial charge in [-0.15, -0.1) is 0 Å². The Morgan fingerprint density at radius 1 is 1.26 bits per heavy atom. The van der Waals surface area contributed by atoms with Crippen LogP contribution in [0.2, 0.25) is 0 Å². The molecule has 5 nitrogen and oxygen atoms in total. The maximum Gasteiger partial charge on any atom is 0.315 e. The molecule has 3 N–H and O–H groups in total. The molecule has 0 aliphatic heterocycles. The second-order valence-electron chi connectivity index (χ2n) is 4.43. The predicted molar refractivity (Wildman–Crippen MR) is 74.2 cm³/mol. The SMILES string of the molecule is CCOc1ccc(C(C)NC(=O)NC(C)CO)cc1. The van der Waals surface area contributed by atoms with E-state index < -0.39 is 0 Å². The van der Waals surface area contributed by atoms with E-state index in [2.05, 4.69) is 10.6 Å². The Bertz CT molecular complexity index is 392. The molecule has 5 heteroatoms. The van der Waals surface area contributed by atoms with Gasteiger partial charge >= 0.3 is 6.03 Å². The van der Waals surface area contributed by atoms with Crippen LogP contribution in [0.3, 0.4) is 0 Å². The van der Waals surface area contributed by atoms with Crippen molar-refractivity contribution in [3.05, 3.63) is 29.8 Å². The standard InChI is InChI=1S/C14H22N2O3/c1-4-19-13-7-5-12(6-8-13)11(3)16-14(18)15-10(2)9-17/h5-8,10-11,17H,4,9H2,1-3H3,(H2,15,16,18). The molecule has 2 amide bonds. The van der Waals surface area contributed by atoms with Crippen LogP contribution in [0.1, 0.15) is 32.4 Å². The van der Waals surface area contributed by atoms with Crippen molar-refractivity contribution in [2.45, 2.75) is 32.9 Å². The molecule has 1 aromatic rings.